The quantitative estimate of drug-likeness (QED) is 0.710. The van der Waals surface area contributed by atoms with Gasteiger partial charge in [-0.05, 0) is 37.6 Å². The number of aliphatic hydroxyl groups is 1. The lowest BCUT2D eigenvalue weighted by Crippen LogP contribution is -2.29. The molecule has 9 heteroatoms. The molecule has 0 unspecified atom stereocenters. The normalized spacial score (nSPS) is 19.5. The Morgan fingerprint density at radius 3 is 2.93 bits per heavy atom. The molecule has 0 fully saturated rings. The first-order valence-corrected chi connectivity index (χ1v) is 9.59. The van der Waals surface area contributed by atoms with E-state index >= 15 is 0 Å². The first-order valence-electron chi connectivity index (χ1n) is 8.60. The van der Waals surface area contributed by atoms with Crippen LogP contribution in [0.5, 0.6) is 0 Å². The summed E-state index contributed by atoms with van der Waals surface area (Å²) in [4.78, 5) is 25.0. The van der Waals surface area contributed by atoms with Gasteiger partial charge in [0.25, 0.3) is 5.91 Å². The summed E-state index contributed by atoms with van der Waals surface area (Å²) in [6.45, 7) is 1.72. The Balaban J connectivity index is 1.80. The highest BCUT2D eigenvalue weighted by Gasteiger charge is 2.32. The topological polar surface area (TPSA) is 113 Å². The lowest BCUT2D eigenvalue weighted by atomic mass is 9.89. The number of nitrogens with zero attached hydrogens (tertiary/aromatic N) is 3. The zero-order valence-electron chi connectivity index (χ0n) is 15.2. The van der Waals surface area contributed by atoms with Crippen molar-refractivity contribution < 1.29 is 14.3 Å². The maximum Gasteiger partial charge on any atom is 0.275 e. The van der Waals surface area contributed by atoms with Crippen molar-refractivity contribution in [2.45, 2.75) is 18.9 Å². The number of aliphatic imine (C=N–C) groups is 1. The summed E-state index contributed by atoms with van der Waals surface area (Å²) in [6, 6.07) is 4.36. The highest BCUT2D eigenvalue weighted by Crippen LogP contribution is 2.37. The Kier molecular flexibility index (Phi) is 6.05. The molecule has 0 saturated carbocycles. The predicted octanol–water partition coefficient (Wildman–Crippen LogP) is 2.54. The van der Waals surface area contributed by atoms with Crippen LogP contribution in [0.15, 0.2) is 41.7 Å². The first-order chi connectivity index (χ1) is 13.4. The summed E-state index contributed by atoms with van der Waals surface area (Å²) in [6.07, 6.45) is 6.51. The highest BCUT2D eigenvalue weighted by molar-refractivity contribution is 8.13. The molecular weight excluding hydrogens is 381 g/mol. The molecule has 7 nitrogen and oxygen atoms in total. The molecule has 3 rings (SSSR count). The van der Waals surface area contributed by atoms with Crippen molar-refractivity contribution in [1.29, 1.82) is 0 Å². The molecule has 0 bridgehead atoms. The van der Waals surface area contributed by atoms with Crippen molar-refractivity contribution in [1.82, 2.24) is 9.97 Å². The van der Waals surface area contributed by atoms with E-state index < -0.39 is 17.3 Å². The highest BCUT2D eigenvalue weighted by atomic mass is 32.2. The van der Waals surface area contributed by atoms with E-state index in [1.165, 1.54) is 42.4 Å². The number of aliphatic hydroxyl groups excluding tert-OH is 1. The maximum atomic E-state index is 14.5. The summed E-state index contributed by atoms with van der Waals surface area (Å²) >= 11 is 1.44. The van der Waals surface area contributed by atoms with Crippen LogP contribution in [0, 0.1) is 5.82 Å². The lowest BCUT2D eigenvalue weighted by Gasteiger charge is -2.30. The van der Waals surface area contributed by atoms with Gasteiger partial charge >= 0.3 is 0 Å². The van der Waals surface area contributed by atoms with E-state index in [-0.39, 0.29) is 12.3 Å². The lowest BCUT2D eigenvalue weighted by molar-refractivity contribution is 0.102. The standard InChI is InChI=1S/C19H20FN5O2S/c1-19(6-8-28-18(21)25-19)14-9-12(4-5-15(14)20)24-17(27)16-11-22-13(10-23-16)3-2-7-26/h2-5,9-11,26H,6-8H2,1H3,(H2,21,25)(H,24,27)/b3-2+/t19-/m0/s1. The number of rotatable bonds is 5. The van der Waals surface area contributed by atoms with Crippen LogP contribution in [0.3, 0.4) is 0 Å². The SMILES string of the molecule is C[C@@]1(c2cc(NC(=O)c3cnc(/C=C/CO)cn3)ccc2F)CCSC(N)=N1. The number of benzene rings is 1. The first kappa shape index (κ1) is 20.0. The van der Waals surface area contributed by atoms with Gasteiger partial charge in [-0.2, -0.15) is 0 Å². The van der Waals surface area contributed by atoms with E-state index in [0.717, 1.165) is 5.75 Å². The third kappa shape index (κ3) is 4.55. The fourth-order valence-electron chi connectivity index (χ4n) is 2.81. The van der Waals surface area contributed by atoms with E-state index in [1.807, 2.05) is 6.92 Å². The van der Waals surface area contributed by atoms with Crippen molar-refractivity contribution in [2.24, 2.45) is 10.7 Å². The van der Waals surface area contributed by atoms with Crippen molar-refractivity contribution in [2.75, 3.05) is 17.7 Å². The van der Waals surface area contributed by atoms with E-state index in [4.69, 9.17) is 10.8 Å². The van der Waals surface area contributed by atoms with Gasteiger partial charge in [-0.25, -0.2) is 9.37 Å². The minimum absolute atomic E-state index is 0.107. The van der Waals surface area contributed by atoms with E-state index in [0.29, 0.717) is 28.5 Å². The van der Waals surface area contributed by atoms with Gasteiger partial charge in [0.1, 0.15) is 11.5 Å². The van der Waals surface area contributed by atoms with E-state index in [1.54, 1.807) is 12.1 Å². The Morgan fingerprint density at radius 2 is 2.25 bits per heavy atom. The molecule has 1 aliphatic rings. The van der Waals surface area contributed by atoms with Crippen LogP contribution in [0.4, 0.5) is 10.1 Å². The smallest absolute Gasteiger partial charge is 0.275 e. The number of carbonyl (C=O) groups excluding carboxylic acids is 1. The molecule has 0 radical (unpaired) electrons. The van der Waals surface area contributed by atoms with Gasteiger partial charge in [0.2, 0.25) is 0 Å². The number of hydrogen-bond acceptors (Lipinski definition) is 7. The fraction of sp³-hybridized carbons (Fsp3) is 0.263. The number of nitrogens with one attached hydrogen (secondary N) is 1. The van der Waals surface area contributed by atoms with Crippen LogP contribution in [-0.4, -0.2) is 38.5 Å². The molecule has 1 aromatic heterocycles. The van der Waals surface area contributed by atoms with Gasteiger partial charge in [-0.3, -0.25) is 14.8 Å². The number of amides is 1. The molecule has 1 aromatic carbocycles. The number of carbonyl (C=O) groups is 1. The van der Waals surface area contributed by atoms with E-state index in [9.17, 15) is 9.18 Å². The number of amidine groups is 1. The largest absolute Gasteiger partial charge is 0.392 e. The fourth-order valence-corrected chi connectivity index (χ4v) is 3.78. The monoisotopic (exact) mass is 401 g/mol. The molecule has 0 saturated heterocycles. The summed E-state index contributed by atoms with van der Waals surface area (Å²) in [7, 11) is 0. The van der Waals surface area contributed by atoms with Gasteiger partial charge in [0.15, 0.2) is 5.17 Å². The number of nitrogens with two attached hydrogens (primary N) is 1. The molecule has 4 N–H and O–H groups in total. The van der Waals surface area contributed by atoms with Crippen LogP contribution in [-0.2, 0) is 5.54 Å². The third-order valence-electron chi connectivity index (χ3n) is 4.30. The van der Waals surface area contributed by atoms with Crippen LogP contribution in [0.1, 0.15) is 35.1 Å². The summed E-state index contributed by atoms with van der Waals surface area (Å²) < 4.78 is 14.5. The second-order valence-corrected chi connectivity index (χ2v) is 7.50. The van der Waals surface area contributed by atoms with Crippen LogP contribution >= 0.6 is 11.8 Å². The van der Waals surface area contributed by atoms with Gasteiger partial charge in [-0.1, -0.05) is 17.8 Å². The van der Waals surface area contributed by atoms with Crippen LogP contribution in [0.2, 0.25) is 0 Å². The van der Waals surface area contributed by atoms with E-state index in [2.05, 4.69) is 20.3 Å². The molecule has 2 heterocycles. The summed E-state index contributed by atoms with van der Waals surface area (Å²) in [5.41, 5.74) is 6.50. The molecule has 146 valence electrons. The van der Waals surface area contributed by atoms with Crippen LogP contribution < -0.4 is 11.1 Å². The number of aromatic nitrogens is 2. The second kappa shape index (κ2) is 8.49. The van der Waals surface area contributed by atoms with Gasteiger partial charge in [0, 0.05) is 17.0 Å². The van der Waals surface area contributed by atoms with Crippen molar-refractivity contribution in [3.63, 3.8) is 0 Å². The average Bonchev–Trinajstić information content (AvgIpc) is 2.68. The summed E-state index contributed by atoms with van der Waals surface area (Å²) in [5.74, 6) is -0.118. The number of anilines is 1. The van der Waals surface area contributed by atoms with Gasteiger partial charge in [0.05, 0.1) is 30.2 Å². The Bertz CT molecular complexity index is 932. The zero-order chi connectivity index (χ0) is 20.1. The number of halogens is 1. The van der Waals surface area contributed by atoms with Crippen molar-refractivity contribution >= 4 is 34.6 Å². The second-order valence-electron chi connectivity index (χ2n) is 6.38. The molecule has 1 aliphatic heterocycles. The average molecular weight is 401 g/mol. The Hall–Kier alpha value is -2.78. The number of hydrogen-bond donors (Lipinski definition) is 3. The van der Waals surface area contributed by atoms with Gasteiger partial charge in [-0.15, -0.1) is 0 Å². The third-order valence-corrected chi connectivity index (χ3v) is 5.09. The number of thioether (sulfide) groups is 1. The molecule has 28 heavy (non-hydrogen) atoms. The van der Waals surface area contributed by atoms with Crippen molar-refractivity contribution in [3.8, 4) is 0 Å². The van der Waals surface area contributed by atoms with Gasteiger partial charge < -0.3 is 16.2 Å². The molecule has 0 spiro atoms. The predicted molar refractivity (Wildman–Crippen MR) is 109 cm³/mol. The Morgan fingerprint density at radius 1 is 1.43 bits per heavy atom. The van der Waals surface area contributed by atoms with Crippen LogP contribution in [0.25, 0.3) is 6.08 Å². The molecule has 0 aliphatic carbocycles. The van der Waals surface area contributed by atoms with Crippen molar-refractivity contribution in [3.05, 3.63) is 59.4 Å². The molecule has 1 amide bonds. The Labute approximate surface area is 166 Å². The zero-order valence-corrected chi connectivity index (χ0v) is 16.0. The summed E-state index contributed by atoms with van der Waals surface area (Å²) in [5, 5.41) is 11.9. The minimum atomic E-state index is -0.777. The minimum Gasteiger partial charge on any atom is -0.392 e. The maximum absolute atomic E-state index is 14.5. The molecular formula is C19H20FN5O2S. The molecule has 2 aromatic rings. The molecule has 1 atom stereocenters.